The quantitative estimate of drug-likeness (QED) is 0.607. The molecule has 0 aliphatic rings. The summed E-state index contributed by atoms with van der Waals surface area (Å²) in [6, 6.07) is 8.64. The number of hydrogen-bond acceptors (Lipinski definition) is 1. The number of benzene rings is 1. The summed E-state index contributed by atoms with van der Waals surface area (Å²) >= 11 is 2.32. The van der Waals surface area contributed by atoms with Gasteiger partial charge in [0.05, 0.1) is 0 Å². The SMILES string of the molecule is COCCCc1ccc(I)cc1. The molecule has 0 radical (unpaired) electrons. The molecule has 0 aliphatic carbocycles. The fourth-order valence-corrected chi connectivity index (χ4v) is 1.43. The summed E-state index contributed by atoms with van der Waals surface area (Å²) in [6.07, 6.45) is 2.22. The van der Waals surface area contributed by atoms with Crippen molar-refractivity contribution in [2.24, 2.45) is 0 Å². The van der Waals surface area contributed by atoms with Crippen LogP contribution in [0.25, 0.3) is 0 Å². The molecule has 1 rings (SSSR count). The number of methoxy groups -OCH3 is 1. The third kappa shape index (κ3) is 3.54. The molecule has 0 atom stereocenters. The van der Waals surface area contributed by atoms with Crippen LogP contribution < -0.4 is 0 Å². The Balaban J connectivity index is 2.37. The van der Waals surface area contributed by atoms with Gasteiger partial charge in [-0.15, -0.1) is 0 Å². The van der Waals surface area contributed by atoms with Crippen LogP contribution in [0.2, 0.25) is 0 Å². The van der Waals surface area contributed by atoms with Gasteiger partial charge >= 0.3 is 0 Å². The second kappa shape index (κ2) is 5.54. The van der Waals surface area contributed by atoms with E-state index in [4.69, 9.17) is 4.74 Å². The molecule has 0 fully saturated rings. The van der Waals surface area contributed by atoms with Crippen molar-refractivity contribution in [2.45, 2.75) is 12.8 Å². The van der Waals surface area contributed by atoms with E-state index in [1.807, 2.05) is 0 Å². The largest absolute Gasteiger partial charge is 0.385 e. The van der Waals surface area contributed by atoms with Gasteiger partial charge < -0.3 is 4.74 Å². The zero-order chi connectivity index (χ0) is 8.81. The lowest BCUT2D eigenvalue weighted by Crippen LogP contribution is -1.92. The Kier molecular flexibility index (Phi) is 4.61. The minimum absolute atomic E-state index is 0.853. The summed E-state index contributed by atoms with van der Waals surface area (Å²) < 4.78 is 6.28. The standard InChI is InChI=1S/C10H13IO/c1-12-8-2-3-9-4-6-10(11)7-5-9/h4-7H,2-3,8H2,1H3. The maximum absolute atomic E-state index is 4.99. The van der Waals surface area contributed by atoms with Crippen molar-refractivity contribution in [3.8, 4) is 0 Å². The van der Waals surface area contributed by atoms with Gasteiger partial charge in [-0.25, -0.2) is 0 Å². The Bertz CT molecular complexity index is 218. The highest BCUT2D eigenvalue weighted by atomic mass is 127. The molecular formula is C10H13IO. The van der Waals surface area contributed by atoms with Crippen molar-refractivity contribution in [3.63, 3.8) is 0 Å². The van der Waals surface area contributed by atoms with Crippen molar-refractivity contribution in [3.05, 3.63) is 33.4 Å². The van der Waals surface area contributed by atoms with Crippen LogP contribution in [0, 0.1) is 3.57 Å². The van der Waals surface area contributed by atoms with Crippen LogP contribution in [0.3, 0.4) is 0 Å². The zero-order valence-electron chi connectivity index (χ0n) is 7.22. The molecule has 0 spiro atoms. The molecule has 0 N–H and O–H groups in total. The van der Waals surface area contributed by atoms with E-state index in [1.165, 1.54) is 9.13 Å². The number of aryl methyl sites for hydroxylation is 1. The highest BCUT2D eigenvalue weighted by molar-refractivity contribution is 14.1. The first-order chi connectivity index (χ1) is 5.83. The smallest absolute Gasteiger partial charge is 0.0465 e. The topological polar surface area (TPSA) is 9.23 Å². The summed E-state index contributed by atoms with van der Waals surface area (Å²) in [5.74, 6) is 0. The fraction of sp³-hybridized carbons (Fsp3) is 0.400. The number of rotatable bonds is 4. The summed E-state index contributed by atoms with van der Waals surface area (Å²) in [5, 5.41) is 0. The second-order valence-corrected chi connectivity index (χ2v) is 3.97. The number of halogens is 1. The van der Waals surface area contributed by atoms with Gasteiger partial charge in [0.1, 0.15) is 0 Å². The molecule has 12 heavy (non-hydrogen) atoms. The molecule has 66 valence electrons. The molecule has 2 heteroatoms. The van der Waals surface area contributed by atoms with Crippen molar-refractivity contribution in [2.75, 3.05) is 13.7 Å². The molecule has 0 bridgehead atoms. The number of ether oxygens (including phenoxy) is 1. The Hall–Kier alpha value is -0.0900. The Morgan fingerprint density at radius 1 is 1.25 bits per heavy atom. The van der Waals surface area contributed by atoms with E-state index >= 15 is 0 Å². The van der Waals surface area contributed by atoms with Gasteiger partial charge in [-0.3, -0.25) is 0 Å². The predicted octanol–water partition coefficient (Wildman–Crippen LogP) is 2.87. The molecule has 1 nitrogen and oxygen atoms in total. The van der Waals surface area contributed by atoms with E-state index < -0.39 is 0 Å². The van der Waals surface area contributed by atoms with Crippen molar-refractivity contribution < 1.29 is 4.74 Å². The molecule has 0 unspecified atom stereocenters. The first-order valence-corrected chi connectivity index (χ1v) is 5.14. The van der Waals surface area contributed by atoms with Crippen LogP contribution in [-0.2, 0) is 11.2 Å². The average Bonchev–Trinajstić information content (AvgIpc) is 2.09. The predicted molar refractivity (Wildman–Crippen MR) is 59.4 cm³/mol. The maximum Gasteiger partial charge on any atom is 0.0465 e. The molecule has 0 heterocycles. The van der Waals surface area contributed by atoms with Gasteiger partial charge in [-0.05, 0) is 53.1 Å². The first-order valence-electron chi connectivity index (χ1n) is 4.06. The Morgan fingerprint density at radius 3 is 2.50 bits per heavy atom. The molecule has 1 aromatic carbocycles. The van der Waals surface area contributed by atoms with Gasteiger partial charge in [0.25, 0.3) is 0 Å². The van der Waals surface area contributed by atoms with Gasteiger partial charge in [0.15, 0.2) is 0 Å². The molecule has 0 aliphatic heterocycles. The fourth-order valence-electron chi connectivity index (χ4n) is 1.07. The van der Waals surface area contributed by atoms with E-state index in [0.29, 0.717) is 0 Å². The van der Waals surface area contributed by atoms with E-state index in [0.717, 1.165) is 19.4 Å². The highest BCUT2D eigenvalue weighted by Crippen LogP contribution is 2.08. The lowest BCUT2D eigenvalue weighted by Gasteiger charge is -2.00. The number of hydrogen-bond donors (Lipinski definition) is 0. The molecule has 0 saturated carbocycles. The van der Waals surface area contributed by atoms with Crippen LogP contribution >= 0.6 is 22.6 Å². The minimum atomic E-state index is 0.853. The van der Waals surface area contributed by atoms with Crippen LogP contribution in [-0.4, -0.2) is 13.7 Å². The monoisotopic (exact) mass is 276 g/mol. The Labute approximate surface area is 87.3 Å². The first kappa shape index (κ1) is 9.99. The third-order valence-electron chi connectivity index (χ3n) is 1.73. The third-order valence-corrected chi connectivity index (χ3v) is 2.45. The zero-order valence-corrected chi connectivity index (χ0v) is 9.37. The lowest BCUT2D eigenvalue weighted by atomic mass is 10.1. The van der Waals surface area contributed by atoms with Crippen LogP contribution in [0.5, 0.6) is 0 Å². The second-order valence-electron chi connectivity index (χ2n) is 2.72. The van der Waals surface area contributed by atoms with Crippen LogP contribution in [0.1, 0.15) is 12.0 Å². The molecule has 0 amide bonds. The highest BCUT2D eigenvalue weighted by Gasteiger charge is 1.92. The van der Waals surface area contributed by atoms with E-state index in [9.17, 15) is 0 Å². The van der Waals surface area contributed by atoms with E-state index in [2.05, 4.69) is 46.9 Å². The Morgan fingerprint density at radius 2 is 1.92 bits per heavy atom. The molecule has 0 saturated heterocycles. The summed E-state index contributed by atoms with van der Waals surface area (Å²) in [6.45, 7) is 0.853. The summed E-state index contributed by atoms with van der Waals surface area (Å²) in [7, 11) is 1.74. The van der Waals surface area contributed by atoms with Gasteiger partial charge in [-0.1, -0.05) is 12.1 Å². The normalized spacial score (nSPS) is 10.2. The molecule has 1 aromatic rings. The molecule has 0 aromatic heterocycles. The lowest BCUT2D eigenvalue weighted by molar-refractivity contribution is 0.195. The minimum Gasteiger partial charge on any atom is -0.385 e. The van der Waals surface area contributed by atoms with Crippen LogP contribution in [0.4, 0.5) is 0 Å². The summed E-state index contributed by atoms with van der Waals surface area (Å²) in [4.78, 5) is 0. The average molecular weight is 276 g/mol. The van der Waals surface area contributed by atoms with Gasteiger partial charge in [0, 0.05) is 17.3 Å². The van der Waals surface area contributed by atoms with Gasteiger partial charge in [-0.2, -0.15) is 0 Å². The summed E-state index contributed by atoms with van der Waals surface area (Å²) in [5.41, 5.74) is 1.40. The van der Waals surface area contributed by atoms with E-state index in [1.54, 1.807) is 7.11 Å². The van der Waals surface area contributed by atoms with Crippen molar-refractivity contribution >= 4 is 22.6 Å². The van der Waals surface area contributed by atoms with Crippen molar-refractivity contribution in [1.82, 2.24) is 0 Å². The van der Waals surface area contributed by atoms with Crippen molar-refractivity contribution in [1.29, 1.82) is 0 Å². The van der Waals surface area contributed by atoms with Crippen LogP contribution in [0.15, 0.2) is 24.3 Å². The van der Waals surface area contributed by atoms with E-state index in [-0.39, 0.29) is 0 Å². The maximum atomic E-state index is 4.99. The van der Waals surface area contributed by atoms with Gasteiger partial charge in [0.2, 0.25) is 0 Å². The molecular weight excluding hydrogens is 263 g/mol.